The summed E-state index contributed by atoms with van der Waals surface area (Å²) in [5, 5.41) is 8.59. The highest BCUT2D eigenvalue weighted by atomic mass is 32.2. The molecule has 1 rings (SSSR count). The average molecular weight is 270 g/mol. The highest BCUT2D eigenvalue weighted by Gasteiger charge is 2.17. The number of aliphatic hydroxyl groups is 1. The van der Waals surface area contributed by atoms with E-state index in [0.717, 1.165) is 5.56 Å². The van der Waals surface area contributed by atoms with E-state index in [4.69, 9.17) is 5.11 Å². The minimum atomic E-state index is -3.51. The van der Waals surface area contributed by atoms with Crippen LogP contribution in [0.2, 0.25) is 0 Å². The van der Waals surface area contributed by atoms with Crippen LogP contribution in [0.15, 0.2) is 24.3 Å². The molecule has 1 aromatic rings. The second-order valence-corrected chi connectivity index (χ2v) is 6.70. The Labute approximate surface area is 108 Å². The van der Waals surface area contributed by atoms with Crippen molar-refractivity contribution in [2.45, 2.75) is 19.8 Å². The highest BCUT2D eigenvalue weighted by Crippen LogP contribution is 2.15. The van der Waals surface area contributed by atoms with Gasteiger partial charge in [-0.3, -0.25) is 4.79 Å². The van der Waals surface area contributed by atoms with E-state index in [-0.39, 0.29) is 5.75 Å². The Morgan fingerprint density at radius 2 is 1.78 bits per heavy atom. The van der Waals surface area contributed by atoms with Gasteiger partial charge in [0.2, 0.25) is 0 Å². The summed E-state index contributed by atoms with van der Waals surface area (Å²) in [7, 11) is -3.51. The molecular formula is C13H18O4S. The van der Waals surface area contributed by atoms with Crippen LogP contribution in [0, 0.1) is 0 Å². The van der Waals surface area contributed by atoms with Gasteiger partial charge < -0.3 is 5.11 Å². The summed E-state index contributed by atoms with van der Waals surface area (Å²) >= 11 is 0. The minimum absolute atomic E-state index is 0.368. The van der Waals surface area contributed by atoms with Crippen LogP contribution in [-0.4, -0.2) is 37.4 Å². The molecule has 0 aliphatic rings. The molecule has 1 aromatic carbocycles. The predicted octanol–water partition coefficient (Wildman–Crippen LogP) is 1.40. The third-order valence-electron chi connectivity index (χ3n) is 2.65. The summed E-state index contributed by atoms with van der Waals surface area (Å²) in [6.45, 7) is 3.63. The minimum Gasteiger partial charge on any atom is -0.395 e. The molecule has 0 aliphatic heterocycles. The number of hydrogen-bond donors (Lipinski definition) is 1. The van der Waals surface area contributed by atoms with Crippen LogP contribution in [0.25, 0.3) is 0 Å². The van der Waals surface area contributed by atoms with Crippen LogP contribution in [0.1, 0.15) is 35.7 Å². The van der Waals surface area contributed by atoms with E-state index in [1.54, 1.807) is 12.1 Å². The zero-order valence-corrected chi connectivity index (χ0v) is 11.4. The summed E-state index contributed by atoms with van der Waals surface area (Å²) in [6.07, 6.45) is 0. The molecule has 0 unspecified atom stereocenters. The second kappa shape index (κ2) is 6.11. The molecule has 0 amide bonds. The van der Waals surface area contributed by atoms with Crippen LogP contribution in [0.5, 0.6) is 0 Å². The molecule has 0 heterocycles. The van der Waals surface area contributed by atoms with E-state index < -0.39 is 28.0 Å². The lowest BCUT2D eigenvalue weighted by Gasteiger charge is -2.06. The highest BCUT2D eigenvalue weighted by molar-refractivity contribution is 7.92. The maximum atomic E-state index is 11.8. The van der Waals surface area contributed by atoms with Gasteiger partial charge in [-0.15, -0.1) is 0 Å². The molecule has 0 saturated carbocycles. The molecule has 0 aromatic heterocycles. The Balaban J connectivity index is 2.79. The molecule has 100 valence electrons. The lowest BCUT2D eigenvalue weighted by Crippen LogP contribution is -2.20. The number of Topliss-reactive ketones (excluding diaryl/α,β-unsaturated/α-hetero) is 1. The van der Waals surface area contributed by atoms with Gasteiger partial charge in [-0.2, -0.15) is 0 Å². The van der Waals surface area contributed by atoms with Gasteiger partial charge in [-0.05, 0) is 11.5 Å². The van der Waals surface area contributed by atoms with Crippen molar-refractivity contribution >= 4 is 15.6 Å². The number of hydrogen-bond acceptors (Lipinski definition) is 4. The summed E-state index contributed by atoms with van der Waals surface area (Å²) in [5.41, 5.74) is 1.49. The average Bonchev–Trinajstić information content (AvgIpc) is 2.28. The normalized spacial score (nSPS) is 11.8. The van der Waals surface area contributed by atoms with Gasteiger partial charge >= 0.3 is 0 Å². The lowest BCUT2D eigenvalue weighted by molar-refractivity contribution is 0.102. The van der Waals surface area contributed by atoms with Crippen molar-refractivity contribution in [1.29, 1.82) is 0 Å². The van der Waals surface area contributed by atoms with Crippen molar-refractivity contribution in [3.8, 4) is 0 Å². The Hall–Kier alpha value is -1.20. The van der Waals surface area contributed by atoms with E-state index >= 15 is 0 Å². The zero-order chi connectivity index (χ0) is 13.8. The fourth-order valence-corrected chi connectivity index (χ4v) is 2.54. The molecule has 0 bridgehead atoms. The van der Waals surface area contributed by atoms with E-state index in [1.807, 2.05) is 26.0 Å². The molecule has 0 atom stereocenters. The Bertz CT molecular complexity index is 500. The van der Waals surface area contributed by atoms with Crippen LogP contribution in [0.3, 0.4) is 0 Å². The first-order valence-electron chi connectivity index (χ1n) is 5.80. The zero-order valence-electron chi connectivity index (χ0n) is 10.6. The van der Waals surface area contributed by atoms with Crippen LogP contribution in [-0.2, 0) is 9.84 Å². The van der Waals surface area contributed by atoms with E-state index in [9.17, 15) is 13.2 Å². The number of aliphatic hydroxyl groups excluding tert-OH is 1. The van der Waals surface area contributed by atoms with Crippen molar-refractivity contribution in [3.63, 3.8) is 0 Å². The molecule has 0 spiro atoms. The van der Waals surface area contributed by atoms with Crippen molar-refractivity contribution in [2.75, 3.05) is 18.1 Å². The SMILES string of the molecule is CC(C)c1ccc(C(=O)CS(=O)(=O)CCO)cc1. The number of ketones is 1. The van der Waals surface area contributed by atoms with Gasteiger partial charge in [0, 0.05) is 5.56 Å². The first-order chi connectivity index (χ1) is 8.35. The van der Waals surface area contributed by atoms with Gasteiger partial charge in [-0.1, -0.05) is 38.1 Å². The van der Waals surface area contributed by atoms with Crippen molar-refractivity contribution in [1.82, 2.24) is 0 Å². The van der Waals surface area contributed by atoms with Crippen molar-refractivity contribution in [2.24, 2.45) is 0 Å². The quantitative estimate of drug-likeness (QED) is 0.793. The number of carbonyl (C=O) groups is 1. The molecule has 0 aliphatic carbocycles. The van der Waals surface area contributed by atoms with E-state index in [2.05, 4.69) is 0 Å². The third kappa shape index (κ3) is 4.23. The Kier molecular flexibility index (Phi) is 5.04. The molecule has 0 radical (unpaired) electrons. The molecule has 0 saturated heterocycles. The van der Waals surface area contributed by atoms with Gasteiger partial charge in [-0.25, -0.2) is 8.42 Å². The van der Waals surface area contributed by atoms with Crippen molar-refractivity contribution < 1.29 is 18.3 Å². The molecule has 0 fully saturated rings. The second-order valence-electron chi connectivity index (χ2n) is 4.52. The topological polar surface area (TPSA) is 71.4 Å². The largest absolute Gasteiger partial charge is 0.395 e. The van der Waals surface area contributed by atoms with Crippen LogP contribution < -0.4 is 0 Å². The molecule has 4 nitrogen and oxygen atoms in total. The van der Waals surface area contributed by atoms with Crippen molar-refractivity contribution in [3.05, 3.63) is 35.4 Å². The lowest BCUT2D eigenvalue weighted by atomic mass is 10.0. The summed E-state index contributed by atoms with van der Waals surface area (Å²) in [6, 6.07) is 6.95. The summed E-state index contributed by atoms with van der Waals surface area (Å²) in [5.74, 6) is -0.983. The number of carbonyl (C=O) groups excluding carboxylic acids is 1. The molecule has 1 N–H and O–H groups in total. The first kappa shape index (κ1) is 14.9. The number of benzene rings is 1. The number of rotatable bonds is 6. The van der Waals surface area contributed by atoms with Gasteiger partial charge in [0.15, 0.2) is 15.6 Å². The summed E-state index contributed by atoms with van der Waals surface area (Å²) in [4.78, 5) is 11.8. The standard InChI is InChI=1S/C13H18O4S/c1-10(2)11-3-5-12(6-4-11)13(15)9-18(16,17)8-7-14/h3-6,10,14H,7-9H2,1-2H3. The Morgan fingerprint density at radius 1 is 1.22 bits per heavy atom. The molecule has 18 heavy (non-hydrogen) atoms. The molecular weight excluding hydrogens is 252 g/mol. The number of sulfone groups is 1. The fraction of sp³-hybridized carbons (Fsp3) is 0.462. The maximum Gasteiger partial charge on any atom is 0.177 e. The molecule has 5 heteroatoms. The van der Waals surface area contributed by atoms with Gasteiger partial charge in [0.25, 0.3) is 0 Å². The third-order valence-corrected chi connectivity index (χ3v) is 4.16. The van der Waals surface area contributed by atoms with Gasteiger partial charge in [0.05, 0.1) is 12.4 Å². The van der Waals surface area contributed by atoms with Gasteiger partial charge in [0.1, 0.15) is 5.75 Å². The van der Waals surface area contributed by atoms with E-state index in [0.29, 0.717) is 11.5 Å². The maximum absolute atomic E-state index is 11.8. The van der Waals surface area contributed by atoms with Crippen LogP contribution in [0.4, 0.5) is 0 Å². The smallest absolute Gasteiger partial charge is 0.177 e. The fourth-order valence-electron chi connectivity index (χ4n) is 1.55. The monoisotopic (exact) mass is 270 g/mol. The predicted molar refractivity (Wildman–Crippen MR) is 70.6 cm³/mol. The summed E-state index contributed by atoms with van der Waals surface area (Å²) < 4.78 is 22.8. The Morgan fingerprint density at radius 3 is 2.22 bits per heavy atom. The van der Waals surface area contributed by atoms with Crippen LogP contribution >= 0.6 is 0 Å². The first-order valence-corrected chi connectivity index (χ1v) is 7.62. The van der Waals surface area contributed by atoms with E-state index in [1.165, 1.54) is 0 Å².